The van der Waals surface area contributed by atoms with Crippen LogP contribution >= 0.6 is 23.2 Å². The van der Waals surface area contributed by atoms with Crippen molar-refractivity contribution in [2.75, 3.05) is 5.73 Å². The molecule has 1 aromatic heterocycles. The third-order valence-corrected chi connectivity index (χ3v) is 3.19. The van der Waals surface area contributed by atoms with Crippen LogP contribution in [-0.4, -0.2) is 4.98 Å². The van der Waals surface area contributed by atoms with Crippen molar-refractivity contribution in [1.82, 2.24) is 4.98 Å². The summed E-state index contributed by atoms with van der Waals surface area (Å²) in [5, 5.41) is 1.35. The Morgan fingerprint density at radius 2 is 1.82 bits per heavy atom. The summed E-state index contributed by atoms with van der Waals surface area (Å²) in [4.78, 5) is 4.05. The van der Waals surface area contributed by atoms with E-state index in [9.17, 15) is 0 Å². The molecule has 0 aliphatic rings. The van der Waals surface area contributed by atoms with Gasteiger partial charge in [-0.1, -0.05) is 35.3 Å². The van der Waals surface area contributed by atoms with E-state index < -0.39 is 0 Å². The lowest BCUT2D eigenvalue weighted by Gasteiger charge is -2.06. The molecular formula is C13H12Cl2N2. The molecule has 17 heavy (non-hydrogen) atoms. The Bertz CT molecular complexity index is 527. The van der Waals surface area contributed by atoms with Gasteiger partial charge in [-0.05, 0) is 42.2 Å². The fourth-order valence-electron chi connectivity index (χ4n) is 1.66. The largest absolute Gasteiger partial charge is 0.383 e. The molecule has 2 nitrogen and oxygen atoms in total. The molecule has 0 radical (unpaired) electrons. The van der Waals surface area contributed by atoms with E-state index >= 15 is 0 Å². The number of rotatable bonds is 3. The van der Waals surface area contributed by atoms with Crippen LogP contribution in [0.3, 0.4) is 0 Å². The lowest BCUT2D eigenvalue weighted by molar-refractivity contribution is 0.954. The smallest absolute Gasteiger partial charge is 0.126 e. The van der Waals surface area contributed by atoms with Crippen molar-refractivity contribution in [3.05, 3.63) is 57.7 Å². The highest BCUT2D eigenvalue weighted by Gasteiger charge is 2.04. The maximum atomic E-state index is 6.10. The second-order valence-electron chi connectivity index (χ2n) is 3.78. The van der Waals surface area contributed by atoms with Crippen LogP contribution in [0.25, 0.3) is 0 Å². The maximum Gasteiger partial charge on any atom is 0.126 e. The Hall–Kier alpha value is -1.25. The number of nitrogens with two attached hydrogens (primary N) is 1. The van der Waals surface area contributed by atoms with E-state index in [1.54, 1.807) is 12.3 Å². The molecule has 0 fully saturated rings. The fraction of sp³-hybridized carbons (Fsp3) is 0.154. The van der Waals surface area contributed by atoms with Crippen molar-refractivity contribution in [3.8, 4) is 0 Å². The van der Waals surface area contributed by atoms with Gasteiger partial charge in [-0.25, -0.2) is 4.98 Å². The van der Waals surface area contributed by atoms with Gasteiger partial charge in [0.1, 0.15) is 5.82 Å². The number of aromatic nitrogens is 1. The van der Waals surface area contributed by atoms with Gasteiger partial charge >= 0.3 is 0 Å². The molecule has 0 aliphatic carbocycles. The summed E-state index contributed by atoms with van der Waals surface area (Å²) in [6.45, 7) is 0. The maximum absolute atomic E-state index is 6.10. The zero-order chi connectivity index (χ0) is 12.3. The van der Waals surface area contributed by atoms with E-state index in [4.69, 9.17) is 28.9 Å². The van der Waals surface area contributed by atoms with Crippen molar-refractivity contribution in [2.45, 2.75) is 12.8 Å². The molecule has 88 valence electrons. The monoisotopic (exact) mass is 266 g/mol. The number of hydrogen-bond acceptors (Lipinski definition) is 2. The minimum absolute atomic E-state index is 0.581. The lowest BCUT2D eigenvalue weighted by Crippen LogP contribution is -1.99. The minimum Gasteiger partial charge on any atom is -0.383 e. The van der Waals surface area contributed by atoms with Gasteiger partial charge in [-0.15, -0.1) is 0 Å². The van der Waals surface area contributed by atoms with Crippen LogP contribution in [0.1, 0.15) is 11.1 Å². The zero-order valence-electron chi connectivity index (χ0n) is 9.16. The Morgan fingerprint density at radius 3 is 2.53 bits per heavy atom. The molecule has 0 amide bonds. The van der Waals surface area contributed by atoms with E-state index in [0.717, 1.165) is 24.0 Å². The van der Waals surface area contributed by atoms with E-state index in [0.29, 0.717) is 15.9 Å². The highest BCUT2D eigenvalue weighted by atomic mass is 35.5. The Balaban J connectivity index is 2.10. The van der Waals surface area contributed by atoms with Gasteiger partial charge in [0.2, 0.25) is 0 Å². The summed E-state index contributed by atoms with van der Waals surface area (Å²) in [7, 11) is 0. The van der Waals surface area contributed by atoms with Gasteiger partial charge in [-0.3, -0.25) is 0 Å². The first-order chi connectivity index (χ1) is 8.16. The van der Waals surface area contributed by atoms with Gasteiger partial charge in [0.25, 0.3) is 0 Å². The SMILES string of the molecule is Nc1ncccc1CCc1ccc(Cl)cc1Cl. The number of nitrogen functional groups attached to an aromatic ring is 1. The molecule has 2 N–H and O–H groups in total. The van der Waals surface area contributed by atoms with Crippen molar-refractivity contribution in [3.63, 3.8) is 0 Å². The van der Waals surface area contributed by atoms with Gasteiger partial charge in [-0.2, -0.15) is 0 Å². The molecule has 4 heteroatoms. The van der Waals surface area contributed by atoms with E-state index in [1.165, 1.54) is 0 Å². The topological polar surface area (TPSA) is 38.9 Å². The number of hydrogen-bond donors (Lipinski definition) is 1. The molecule has 1 heterocycles. The third kappa shape index (κ3) is 3.11. The molecule has 0 spiro atoms. The number of nitrogens with zero attached hydrogens (tertiary/aromatic N) is 1. The molecule has 0 atom stereocenters. The molecule has 0 saturated heterocycles. The summed E-state index contributed by atoms with van der Waals surface area (Å²) in [5.41, 5.74) is 7.89. The first-order valence-electron chi connectivity index (χ1n) is 5.30. The third-order valence-electron chi connectivity index (χ3n) is 2.60. The molecule has 1 aromatic carbocycles. The normalized spacial score (nSPS) is 10.5. The van der Waals surface area contributed by atoms with Crippen LogP contribution in [0.2, 0.25) is 10.0 Å². The first kappa shape index (κ1) is 12.2. The Kier molecular flexibility index (Phi) is 3.87. The van der Waals surface area contributed by atoms with Crippen molar-refractivity contribution in [1.29, 1.82) is 0 Å². The molecule has 0 unspecified atom stereocenters. The molecule has 2 aromatic rings. The van der Waals surface area contributed by atoms with Crippen LogP contribution < -0.4 is 5.73 Å². The summed E-state index contributed by atoms with van der Waals surface area (Å²) in [5.74, 6) is 0.581. The summed E-state index contributed by atoms with van der Waals surface area (Å²) < 4.78 is 0. The number of pyridine rings is 1. The lowest BCUT2D eigenvalue weighted by atomic mass is 10.1. The molecule has 0 aliphatic heterocycles. The Labute approximate surface area is 110 Å². The predicted octanol–water partition coefficient (Wildman–Crippen LogP) is 3.76. The molecule has 2 rings (SSSR count). The quantitative estimate of drug-likeness (QED) is 0.919. The molecule has 0 bridgehead atoms. The van der Waals surface area contributed by atoms with Crippen LogP contribution in [0.15, 0.2) is 36.5 Å². The number of benzene rings is 1. The van der Waals surface area contributed by atoms with E-state index in [1.807, 2.05) is 24.3 Å². The van der Waals surface area contributed by atoms with Gasteiger partial charge in [0.15, 0.2) is 0 Å². The fourth-order valence-corrected chi connectivity index (χ4v) is 2.16. The zero-order valence-corrected chi connectivity index (χ0v) is 10.7. The summed E-state index contributed by atoms with van der Waals surface area (Å²) >= 11 is 11.9. The van der Waals surface area contributed by atoms with E-state index in [-0.39, 0.29) is 0 Å². The van der Waals surface area contributed by atoms with Crippen LogP contribution in [0.5, 0.6) is 0 Å². The second kappa shape index (κ2) is 5.39. The summed E-state index contributed by atoms with van der Waals surface area (Å²) in [6.07, 6.45) is 3.33. The van der Waals surface area contributed by atoms with Crippen molar-refractivity contribution >= 4 is 29.0 Å². The van der Waals surface area contributed by atoms with Crippen LogP contribution in [-0.2, 0) is 12.8 Å². The van der Waals surface area contributed by atoms with Crippen molar-refractivity contribution < 1.29 is 0 Å². The van der Waals surface area contributed by atoms with Gasteiger partial charge in [0.05, 0.1) is 0 Å². The molecular weight excluding hydrogens is 255 g/mol. The van der Waals surface area contributed by atoms with Crippen LogP contribution in [0.4, 0.5) is 5.82 Å². The molecule has 0 saturated carbocycles. The van der Waals surface area contributed by atoms with Crippen LogP contribution in [0, 0.1) is 0 Å². The second-order valence-corrected chi connectivity index (χ2v) is 4.63. The first-order valence-corrected chi connectivity index (χ1v) is 6.05. The van der Waals surface area contributed by atoms with Crippen molar-refractivity contribution in [2.24, 2.45) is 0 Å². The average Bonchev–Trinajstić information content (AvgIpc) is 2.30. The number of anilines is 1. The highest BCUT2D eigenvalue weighted by Crippen LogP contribution is 2.22. The Morgan fingerprint density at radius 1 is 1.06 bits per heavy atom. The highest BCUT2D eigenvalue weighted by molar-refractivity contribution is 6.35. The average molecular weight is 267 g/mol. The minimum atomic E-state index is 0.581. The number of halogens is 2. The van der Waals surface area contributed by atoms with Gasteiger partial charge < -0.3 is 5.73 Å². The standard InChI is InChI=1S/C13H12Cl2N2/c14-11-6-5-9(12(15)8-11)3-4-10-2-1-7-17-13(10)16/h1-2,5-8H,3-4H2,(H2,16,17). The predicted molar refractivity (Wildman–Crippen MR) is 72.5 cm³/mol. The van der Waals surface area contributed by atoms with Gasteiger partial charge in [0, 0.05) is 16.2 Å². The summed E-state index contributed by atoms with van der Waals surface area (Å²) in [6, 6.07) is 9.40. The number of aryl methyl sites for hydroxylation is 2. The van der Waals surface area contributed by atoms with E-state index in [2.05, 4.69) is 4.98 Å².